The molecular formula is C10H14O4. The SMILES string of the molecule is CC1C[C@H](O)/C=C\C(O)/C=C\C(=O)O1. The maximum Gasteiger partial charge on any atom is 0.330 e. The second-order valence-corrected chi connectivity index (χ2v) is 3.29. The molecule has 0 saturated heterocycles. The van der Waals surface area contributed by atoms with Gasteiger partial charge in [0.2, 0.25) is 0 Å². The van der Waals surface area contributed by atoms with E-state index in [0.717, 1.165) is 0 Å². The van der Waals surface area contributed by atoms with E-state index in [1.807, 2.05) is 0 Å². The molecule has 1 rings (SSSR count). The average Bonchev–Trinajstić information content (AvgIpc) is 2.10. The quantitative estimate of drug-likeness (QED) is 0.429. The van der Waals surface area contributed by atoms with Crippen molar-refractivity contribution in [3.63, 3.8) is 0 Å². The molecule has 0 fully saturated rings. The Hall–Kier alpha value is -1.13. The third-order valence-corrected chi connectivity index (χ3v) is 1.85. The lowest BCUT2D eigenvalue weighted by Crippen LogP contribution is -2.20. The van der Waals surface area contributed by atoms with Crippen LogP contribution in [-0.2, 0) is 9.53 Å². The number of hydrogen-bond donors (Lipinski definition) is 2. The number of esters is 1. The lowest BCUT2D eigenvalue weighted by Gasteiger charge is -2.15. The van der Waals surface area contributed by atoms with Crippen molar-refractivity contribution in [2.45, 2.75) is 31.7 Å². The molecule has 0 bridgehead atoms. The molecule has 0 amide bonds. The van der Waals surface area contributed by atoms with Gasteiger partial charge in [-0.2, -0.15) is 0 Å². The number of carbonyl (C=O) groups is 1. The van der Waals surface area contributed by atoms with Crippen LogP contribution < -0.4 is 0 Å². The first-order valence-electron chi connectivity index (χ1n) is 4.51. The van der Waals surface area contributed by atoms with Gasteiger partial charge in [-0.05, 0) is 13.0 Å². The highest BCUT2D eigenvalue weighted by Gasteiger charge is 2.12. The normalized spacial score (nSPS) is 38.5. The molecule has 0 aliphatic carbocycles. The molecule has 0 radical (unpaired) electrons. The van der Waals surface area contributed by atoms with Gasteiger partial charge in [0, 0.05) is 12.5 Å². The van der Waals surface area contributed by atoms with Crippen molar-refractivity contribution in [2.75, 3.05) is 0 Å². The molecule has 78 valence electrons. The highest BCUT2D eigenvalue weighted by atomic mass is 16.5. The Morgan fingerprint density at radius 1 is 1.36 bits per heavy atom. The van der Waals surface area contributed by atoms with Gasteiger partial charge in [0.1, 0.15) is 6.10 Å². The van der Waals surface area contributed by atoms with Crippen LogP contribution in [0.2, 0.25) is 0 Å². The first-order valence-corrected chi connectivity index (χ1v) is 4.51. The van der Waals surface area contributed by atoms with Gasteiger partial charge in [-0.1, -0.05) is 12.2 Å². The third-order valence-electron chi connectivity index (χ3n) is 1.85. The second kappa shape index (κ2) is 4.93. The Balaban J connectivity index is 2.72. The zero-order chi connectivity index (χ0) is 10.6. The number of aliphatic hydroxyl groups excluding tert-OH is 2. The zero-order valence-corrected chi connectivity index (χ0v) is 7.96. The molecule has 4 heteroatoms. The highest BCUT2D eigenvalue weighted by molar-refractivity contribution is 5.82. The van der Waals surface area contributed by atoms with Crippen molar-refractivity contribution in [3.05, 3.63) is 24.3 Å². The van der Waals surface area contributed by atoms with E-state index in [1.54, 1.807) is 6.92 Å². The summed E-state index contributed by atoms with van der Waals surface area (Å²) >= 11 is 0. The standard InChI is InChI=1S/C10H14O4/c1-7-6-9(12)3-2-8(11)4-5-10(13)14-7/h2-5,7-9,11-12H,6H2,1H3/b3-2-,5-4-/t7?,8?,9-/m1/s1. The first kappa shape index (κ1) is 10.9. The number of rotatable bonds is 0. The van der Waals surface area contributed by atoms with Gasteiger partial charge in [0.15, 0.2) is 0 Å². The zero-order valence-electron chi connectivity index (χ0n) is 7.96. The number of hydrogen-bond acceptors (Lipinski definition) is 4. The summed E-state index contributed by atoms with van der Waals surface area (Å²) in [7, 11) is 0. The lowest BCUT2D eigenvalue weighted by atomic mass is 10.1. The molecule has 0 aromatic heterocycles. The largest absolute Gasteiger partial charge is 0.459 e. The van der Waals surface area contributed by atoms with Crippen molar-refractivity contribution < 1.29 is 19.7 Å². The summed E-state index contributed by atoms with van der Waals surface area (Å²) in [6.07, 6.45) is 3.87. The first-order chi connectivity index (χ1) is 6.58. The van der Waals surface area contributed by atoms with Gasteiger partial charge < -0.3 is 14.9 Å². The minimum atomic E-state index is -0.856. The van der Waals surface area contributed by atoms with Crippen LogP contribution in [0, 0.1) is 0 Å². The molecule has 0 aromatic rings. The van der Waals surface area contributed by atoms with Crippen LogP contribution in [0.15, 0.2) is 24.3 Å². The summed E-state index contributed by atoms with van der Waals surface area (Å²) in [6.45, 7) is 1.71. The lowest BCUT2D eigenvalue weighted by molar-refractivity contribution is -0.143. The molecule has 2 unspecified atom stereocenters. The summed E-state index contributed by atoms with van der Waals surface area (Å²) in [5.74, 6) is -0.501. The van der Waals surface area contributed by atoms with E-state index in [4.69, 9.17) is 4.74 Å². The average molecular weight is 198 g/mol. The number of aliphatic hydroxyl groups is 2. The van der Waals surface area contributed by atoms with Crippen LogP contribution in [0.1, 0.15) is 13.3 Å². The van der Waals surface area contributed by atoms with Crippen LogP contribution in [0.3, 0.4) is 0 Å². The van der Waals surface area contributed by atoms with E-state index in [9.17, 15) is 15.0 Å². The predicted molar refractivity (Wildman–Crippen MR) is 50.5 cm³/mol. The van der Waals surface area contributed by atoms with Crippen LogP contribution in [0.4, 0.5) is 0 Å². The summed E-state index contributed by atoms with van der Waals surface area (Å²) in [5, 5.41) is 18.6. The fraction of sp³-hybridized carbons (Fsp3) is 0.500. The molecule has 0 aromatic carbocycles. The molecule has 3 atom stereocenters. The van der Waals surface area contributed by atoms with Crippen molar-refractivity contribution in [1.82, 2.24) is 0 Å². The topological polar surface area (TPSA) is 66.8 Å². The fourth-order valence-electron chi connectivity index (χ4n) is 1.19. The fourth-order valence-corrected chi connectivity index (χ4v) is 1.19. The number of cyclic esters (lactones) is 1. The molecule has 0 spiro atoms. The van der Waals surface area contributed by atoms with Gasteiger partial charge in [-0.25, -0.2) is 4.79 Å². The van der Waals surface area contributed by atoms with E-state index < -0.39 is 18.2 Å². The predicted octanol–water partition coefficient (Wildman–Crippen LogP) is 0.156. The minimum Gasteiger partial charge on any atom is -0.459 e. The minimum absolute atomic E-state index is 0.331. The Bertz CT molecular complexity index is 257. The summed E-state index contributed by atoms with van der Waals surface area (Å²) < 4.78 is 4.91. The maximum atomic E-state index is 11.0. The van der Waals surface area contributed by atoms with Gasteiger partial charge >= 0.3 is 5.97 Å². The van der Waals surface area contributed by atoms with Crippen LogP contribution >= 0.6 is 0 Å². The Morgan fingerprint density at radius 3 is 2.79 bits per heavy atom. The second-order valence-electron chi connectivity index (χ2n) is 3.29. The van der Waals surface area contributed by atoms with Crippen LogP contribution in [0.25, 0.3) is 0 Å². The van der Waals surface area contributed by atoms with Crippen molar-refractivity contribution >= 4 is 5.97 Å². The molecule has 4 nitrogen and oxygen atoms in total. The molecule has 1 aliphatic heterocycles. The molecule has 1 aliphatic rings. The van der Waals surface area contributed by atoms with Crippen LogP contribution in [-0.4, -0.2) is 34.5 Å². The van der Waals surface area contributed by atoms with E-state index in [-0.39, 0.29) is 6.10 Å². The van der Waals surface area contributed by atoms with E-state index in [1.165, 1.54) is 24.3 Å². The van der Waals surface area contributed by atoms with Crippen molar-refractivity contribution in [1.29, 1.82) is 0 Å². The number of ether oxygens (including phenoxy) is 1. The van der Waals surface area contributed by atoms with Crippen molar-refractivity contribution in [3.8, 4) is 0 Å². The van der Waals surface area contributed by atoms with E-state index >= 15 is 0 Å². The summed E-state index contributed by atoms with van der Waals surface area (Å²) in [5.41, 5.74) is 0. The van der Waals surface area contributed by atoms with Crippen molar-refractivity contribution in [2.24, 2.45) is 0 Å². The van der Waals surface area contributed by atoms with Gasteiger partial charge in [-0.15, -0.1) is 0 Å². The molecule has 1 heterocycles. The molecular weight excluding hydrogens is 184 g/mol. The van der Waals surface area contributed by atoms with Gasteiger partial charge in [-0.3, -0.25) is 0 Å². The van der Waals surface area contributed by atoms with Crippen LogP contribution in [0.5, 0.6) is 0 Å². The van der Waals surface area contributed by atoms with Gasteiger partial charge in [0.05, 0.1) is 12.2 Å². The van der Waals surface area contributed by atoms with Gasteiger partial charge in [0.25, 0.3) is 0 Å². The number of carbonyl (C=O) groups excluding carboxylic acids is 1. The maximum absolute atomic E-state index is 11.0. The summed E-state index contributed by atoms with van der Waals surface area (Å²) in [6, 6.07) is 0. The van der Waals surface area contributed by atoms with E-state index in [0.29, 0.717) is 6.42 Å². The third kappa shape index (κ3) is 3.72. The Morgan fingerprint density at radius 2 is 2.07 bits per heavy atom. The Kier molecular flexibility index (Phi) is 3.85. The smallest absolute Gasteiger partial charge is 0.330 e. The Labute approximate surface area is 82.5 Å². The van der Waals surface area contributed by atoms with E-state index in [2.05, 4.69) is 0 Å². The summed E-state index contributed by atoms with van der Waals surface area (Å²) in [4.78, 5) is 11.0. The molecule has 14 heavy (non-hydrogen) atoms. The molecule has 2 N–H and O–H groups in total. The monoisotopic (exact) mass is 198 g/mol. The highest BCUT2D eigenvalue weighted by Crippen LogP contribution is 2.07. The molecule has 0 saturated carbocycles.